The third-order valence-corrected chi connectivity index (χ3v) is 5.33. The molecule has 1 unspecified atom stereocenters. The highest BCUT2D eigenvalue weighted by molar-refractivity contribution is 6.26. The summed E-state index contributed by atoms with van der Waals surface area (Å²) in [5.41, 5.74) is 0. The van der Waals surface area contributed by atoms with Crippen LogP contribution in [0.15, 0.2) is 0 Å². The lowest BCUT2D eigenvalue weighted by Crippen LogP contribution is -2.57. The minimum absolute atomic E-state index is 0.0365. The lowest BCUT2D eigenvalue weighted by molar-refractivity contribution is -0.150. The van der Waals surface area contributed by atoms with Crippen molar-refractivity contribution in [1.82, 2.24) is 16.0 Å². The molecule has 3 atom stereocenters. The highest BCUT2D eigenvalue weighted by Gasteiger charge is 2.37. The maximum Gasteiger partial charge on any atom is 0.328 e. The number of hydrogen-bond donors (Lipinski definition) is 4. The lowest BCUT2D eigenvalue weighted by atomic mass is 9.79. The van der Waals surface area contributed by atoms with E-state index in [1.807, 2.05) is 13.8 Å². The Morgan fingerprint density at radius 2 is 1.66 bits per heavy atom. The fourth-order valence-corrected chi connectivity index (χ4v) is 3.48. The molecule has 0 aromatic rings. The largest absolute Gasteiger partial charge is 0.464 e. The molecule has 1 aliphatic rings. The Morgan fingerprint density at radius 1 is 1.03 bits per heavy atom. The van der Waals surface area contributed by atoms with Crippen molar-refractivity contribution >= 4 is 35.7 Å². The van der Waals surface area contributed by atoms with Gasteiger partial charge in [0.1, 0.15) is 18.1 Å². The van der Waals surface area contributed by atoms with Gasteiger partial charge in [0.2, 0.25) is 17.7 Å². The van der Waals surface area contributed by atoms with Crippen molar-refractivity contribution in [1.29, 1.82) is 5.41 Å². The molecule has 0 heterocycles. The van der Waals surface area contributed by atoms with Gasteiger partial charge in [-0.3, -0.25) is 19.2 Å². The summed E-state index contributed by atoms with van der Waals surface area (Å²) in [7, 11) is 0. The fourth-order valence-electron chi connectivity index (χ4n) is 3.48. The molecule has 180 valence electrons. The summed E-state index contributed by atoms with van der Waals surface area (Å²) in [4.78, 5) is 61.4. The van der Waals surface area contributed by atoms with Crippen molar-refractivity contribution < 1.29 is 28.7 Å². The standard InChI is InChI=1S/C22H36N4O6/c1-5-32-22(31)19(15-7-6-8-15)26-20(29)17(10-9-16(28)12-23)25-21(30)18(11-13(2)3)24-14(4)27/h12-13,15,17-19,23H,5-11H2,1-4H3,(H,24,27)(H,25,30)(H,26,29)/t17-,18-,19?/m0/s1. The zero-order chi connectivity index (χ0) is 24.3. The molecule has 1 saturated carbocycles. The van der Waals surface area contributed by atoms with Crippen molar-refractivity contribution in [2.24, 2.45) is 11.8 Å². The molecule has 0 aromatic heterocycles. The van der Waals surface area contributed by atoms with Crippen LogP contribution in [-0.2, 0) is 28.7 Å². The van der Waals surface area contributed by atoms with E-state index in [1.165, 1.54) is 6.92 Å². The summed E-state index contributed by atoms with van der Waals surface area (Å²) in [6, 6.07) is -2.77. The van der Waals surface area contributed by atoms with E-state index in [1.54, 1.807) is 6.92 Å². The molecule has 0 aliphatic heterocycles. The lowest BCUT2D eigenvalue weighted by Gasteiger charge is -2.33. The van der Waals surface area contributed by atoms with Gasteiger partial charge in [-0.15, -0.1) is 0 Å². The van der Waals surface area contributed by atoms with Crippen LogP contribution in [0.1, 0.15) is 66.2 Å². The molecule has 0 spiro atoms. The quantitative estimate of drug-likeness (QED) is 0.226. The van der Waals surface area contributed by atoms with Crippen LogP contribution in [0.2, 0.25) is 0 Å². The zero-order valence-electron chi connectivity index (χ0n) is 19.4. The van der Waals surface area contributed by atoms with E-state index in [0.717, 1.165) is 19.3 Å². The monoisotopic (exact) mass is 452 g/mol. The van der Waals surface area contributed by atoms with E-state index >= 15 is 0 Å². The van der Waals surface area contributed by atoms with E-state index < -0.39 is 41.7 Å². The number of nitrogens with one attached hydrogen (secondary N) is 4. The Hall–Kier alpha value is -2.78. The molecule has 10 nitrogen and oxygen atoms in total. The van der Waals surface area contributed by atoms with Gasteiger partial charge in [0, 0.05) is 13.3 Å². The van der Waals surface area contributed by atoms with Crippen LogP contribution >= 0.6 is 0 Å². The molecule has 0 radical (unpaired) electrons. The Bertz CT molecular complexity index is 705. The summed E-state index contributed by atoms with van der Waals surface area (Å²) >= 11 is 0. The average molecular weight is 453 g/mol. The molecule has 0 aromatic carbocycles. The van der Waals surface area contributed by atoms with Crippen LogP contribution in [0, 0.1) is 17.2 Å². The number of amides is 3. The van der Waals surface area contributed by atoms with Crippen LogP contribution in [-0.4, -0.2) is 60.4 Å². The molecule has 1 fully saturated rings. The van der Waals surface area contributed by atoms with Crippen LogP contribution < -0.4 is 16.0 Å². The van der Waals surface area contributed by atoms with Crippen molar-refractivity contribution in [3.05, 3.63) is 0 Å². The maximum absolute atomic E-state index is 13.0. The van der Waals surface area contributed by atoms with Gasteiger partial charge in [-0.2, -0.15) is 0 Å². The molecule has 1 aliphatic carbocycles. The number of hydrogen-bond acceptors (Lipinski definition) is 7. The highest BCUT2D eigenvalue weighted by atomic mass is 16.5. The minimum atomic E-state index is -1.10. The number of ether oxygens (including phenoxy) is 1. The predicted molar refractivity (Wildman–Crippen MR) is 118 cm³/mol. The van der Waals surface area contributed by atoms with Crippen molar-refractivity contribution in [3.8, 4) is 0 Å². The molecule has 0 bridgehead atoms. The van der Waals surface area contributed by atoms with Crippen molar-refractivity contribution in [3.63, 3.8) is 0 Å². The number of Topliss-reactive ketones (excluding diaryl/α,β-unsaturated/α-hetero) is 1. The second kappa shape index (κ2) is 13.6. The maximum atomic E-state index is 13.0. The predicted octanol–water partition coefficient (Wildman–Crippen LogP) is 0.869. The second-order valence-corrected chi connectivity index (χ2v) is 8.52. The molecule has 4 N–H and O–H groups in total. The first-order valence-electron chi connectivity index (χ1n) is 11.2. The minimum Gasteiger partial charge on any atom is -0.464 e. The number of carbonyl (C=O) groups is 5. The normalized spacial score (nSPS) is 16.2. The first-order valence-corrected chi connectivity index (χ1v) is 11.2. The average Bonchev–Trinajstić information content (AvgIpc) is 2.67. The molecular formula is C22H36N4O6. The van der Waals surface area contributed by atoms with Gasteiger partial charge >= 0.3 is 5.97 Å². The van der Waals surface area contributed by atoms with Crippen LogP contribution in [0.5, 0.6) is 0 Å². The van der Waals surface area contributed by atoms with Crippen LogP contribution in [0.4, 0.5) is 0 Å². The third-order valence-electron chi connectivity index (χ3n) is 5.33. The first-order chi connectivity index (χ1) is 15.1. The van der Waals surface area contributed by atoms with E-state index in [0.29, 0.717) is 12.6 Å². The fraction of sp³-hybridized carbons (Fsp3) is 0.727. The molecular weight excluding hydrogens is 416 g/mol. The van der Waals surface area contributed by atoms with E-state index in [2.05, 4.69) is 16.0 Å². The number of carbonyl (C=O) groups excluding carboxylic acids is 5. The van der Waals surface area contributed by atoms with Gasteiger partial charge in [-0.1, -0.05) is 20.3 Å². The summed E-state index contributed by atoms with van der Waals surface area (Å²) in [5, 5.41) is 14.9. The van der Waals surface area contributed by atoms with Crippen LogP contribution in [0.25, 0.3) is 0 Å². The van der Waals surface area contributed by atoms with E-state index in [4.69, 9.17) is 10.1 Å². The third kappa shape index (κ3) is 9.15. The summed E-state index contributed by atoms with van der Waals surface area (Å²) in [5.74, 6) is -2.47. The Labute approximate surface area is 189 Å². The van der Waals surface area contributed by atoms with Crippen molar-refractivity contribution in [2.45, 2.75) is 84.3 Å². The van der Waals surface area contributed by atoms with Gasteiger partial charge in [0.25, 0.3) is 0 Å². The summed E-state index contributed by atoms with van der Waals surface area (Å²) < 4.78 is 5.09. The Balaban J connectivity index is 2.98. The second-order valence-electron chi connectivity index (χ2n) is 8.52. The number of rotatable bonds is 14. The smallest absolute Gasteiger partial charge is 0.328 e. The Kier molecular flexibility index (Phi) is 11.6. The van der Waals surface area contributed by atoms with Gasteiger partial charge in [-0.25, -0.2) is 4.79 Å². The van der Waals surface area contributed by atoms with Gasteiger partial charge in [0.15, 0.2) is 5.78 Å². The number of ketones is 1. The molecule has 3 amide bonds. The molecule has 0 saturated heterocycles. The van der Waals surface area contributed by atoms with Gasteiger partial charge in [0.05, 0.1) is 12.8 Å². The van der Waals surface area contributed by atoms with Gasteiger partial charge < -0.3 is 26.1 Å². The Morgan fingerprint density at radius 3 is 2.12 bits per heavy atom. The summed E-state index contributed by atoms with van der Waals surface area (Å²) in [6.45, 7) is 6.96. The molecule has 32 heavy (non-hydrogen) atoms. The number of esters is 1. The SMILES string of the molecule is CCOC(=O)C(NC(=O)[C@H](CCC(=O)C=N)NC(=O)[C@H](CC(C)C)NC(C)=O)C1CCC1. The molecule has 1 rings (SSSR count). The van der Waals surface area contributed by atoms with E-state index in [-0.39, 0.29) is 37.2 Å². The highest BCUT2D eigenvalue weighted by Crippen LogP contribution is 2.30. The van der Waals surface area contributed by atoms with Crippen molar-refractivity contribution in [2.75, 3.05) is 6.61 Å². The first kappa shape index (κ1) is 27.3. The summed E-state index contributed by atoms with van der Waals surface area (Å²) in [6.07, 6.45) is 3.39. The topological polar surface area (TPSA) is 155 Å². The van der Waals surface area contributed by atoms with Crippen LogP contribution in [0.3, 0.4) is 0 Å². The zero-order valence-corrected chi connectivity index (χ0v) is 19.4. The van der Waals surface area contributed by atoms with Gasteiger partial charge in [-0.05, 0) is 44.4 Å². The molecule has 10 heteroatoms. The van der Waals surface area contributed by atoms with E-state index in [9.17, 15) is 24.0 Å².